The van der Waals surface area contributed by atoms with Gasteiger partial charge in [0.25, 0.3) is 0 Å². The molecule has 0 bridgehead atoms. The van der Waals surface area contributed by atoms with Crippen LogP contribution in [-0.2, 0) is 4.79 Å². The second-order valence-electron chi connectivity index (χ2n) is 5.61. The lowest BCUT2D eigenvalue weighted by molar-refractivity contribution is -0.117. The minimum Gasteiger partial charge on any atom is -0.482 e. The second kappa shape index (κ2) is 6.24. The topological polar surface area (TPSA) is 46.6 Å². The molecule has 118 valence electrons. The van der Waals surface area contributed by atoms with Crippen LogP contribution in [0.25, 0.3) is 0 Å². The van der Waals surface area contributed by atoms with Crippen LogP contribution in [0.5, 0.6) is 5.75 Å². The quantitative estimate of drug-likeness (QED) is 0.811. The number of anilines is 1. The first-order chi connectivity index (χ1) is 11.1. The smallest absolute Gasteiger partial charge is 0.224 e. The summed E-state index contributed by atoms with van der Waals surface area (Å²) in [6.45, 7) is 3.80. The molecule has 0 spiro atoms. The first-order valence-electron chi connectivity index (χ1n) is 7.77. The summed E-state index contributed by atoms with van der Waals surface area (Å²) in [5.41, 5.74) is 2.31. The molecule has 0 N–H and O–H groups in total. The van der Waals surface area contributed by atoms with Crippen LogP contribution < -0.4 is 9.64 Å². The van der Waals surface area contributed by atoms with Crippen molar-refractivity contribution < 1.29 is 14.3 Å². The lowest BCUT2D eigenvalue weighted by atomic mass is 10.0. The third-order valence-electron chi connectivity index (χ3n) is 4.06. The maximum absolute atomic E-state index is 12.1. The Bertz CT molecular complexity index is 740. The van der Waals surface area contributed by atoms with E-state index in [1.165, 1.54) is 6.92 Å². The molecule has 0 aliphatic carbocycles. The molecule has 1 unspecified atom stereocenters. The summed E-state index contributed by atoms with van der Waals surface area (Å²) in [6.07, 6.45) is 0.229. The third kappa shape index (κ3) is 2.97. The average molecular weight is 309 g/mol. The van der Waals surface area contributed by atoms with Crippen LogP contribution in [0.2, 0.25) is 0 Å². The fourth-order valence-corrected chi connectivity index (χ4v) is 2.80. The Hall–Kier alpha value is -2.62. The number of Topliss-reactive ketones (excluding diaryl/α,β-unsaturated/α-hetero) is 1. The van der Waals surface area contributed by atoms with Crippen molar-refractivity contribution in [3.05, 3.63) is 59.7 Å². The van der Waals surface area contributed by atoms with E-state index in [1.54, 1.807) is 23.1 Å². The largest absolute Gasteiger partial charge is 0.482 e. The molecular weight excluding hydrogens is 290 g/mol. The number of ketones is 1. The number of hydrogen-bond acceptors (Lipinski definition) is 3. The van der Waals surface area contributed by atoms with Crippen molar-refractivity contribution in [2.75, 3.05) is 11.4 Å². The van der Waals surface area contributed by atoms with E-state index in [0.717, 1.165) is 5.56 Å². The van der Waals surface area contributed by atoms with E-state index < -0.39 is 0 Å². The molecule has 4 heteroatoms. The van der Waals surface area contributed by atoms with Gasteiger partial charge in [-0.25, -0.2) is 0 Å². The van der Waals surface area contributed by atoms with Gasteiger partial charge >= 0.3 is 0 Å². The standard InChI is InChI=1S/C19H19NO3/c1-3-17(22)15-9-10-18-16(11-15)20(13(2)21)12-19(23-18)14-7-5-4-6-8-14/h4-11,19H,3,12H2,1-2H3. The van der Waals surface area contributed by atoms with Crippen molar-refractivity contribution in [1.82, 2.24) is 0 Å². The number of ether oxygens (including phenoxy) is 1. The van der Waals surface area contributed by atoms with Crippen molar-refractivity contribution in [3.8, 4) is 5.75 Å². The van der Waals surface area contributed by atoms with Crippen LogP contribution in [0.4, 0.5) is 5.69 Å². The Morgan fingerprint density at radius 1 is 1.17 bits per heavy atom. The van der Waals surface area contributed by atoms with Gasteiger partial charge in [0.15, 0.2) is 5.78 Å². The van der Waals surface area contributed by atoms with Gasteiger partial charge in [0.05, 0.1) is 12.2 Å². The minimum atomic E-state index is -0.208. The molecule has 1 atom stereocenters. The molecule has 0 saturated heterocycles. The summed E-state index contributed by atoms with van der Waals surface area (Å²) in [4.78, 5) is 25.7. The van der Waals surface area contributed by atoms with Crippen LogP contribution in [0.15, 0.2) is 48.5 Å². The van der Waals surface area contributed by atoms with Gasteiger partial charge < -0.3 is 9.64 Å². The fraction of sp³-hybridized carbons (Fsp3) is 0.263. The molecule has 2 aromatic rings. The Labute approximate surface area is 135 Å². The zero-order valence-electron chi connectivity index (χ0n) is 13.3. The van der Waals surface area contributed by atoms with Crippen molar-refractivity contribution in [2.24, 2.45) is 0 Å². The van der Waals surface area contributed by atoms with Crippen molar-refractivity contribution in [3.63, 3.8) is 0 Å². The summed E-state index contributed by atoms with van der Waals surface area (Å²) < 4.78 is 6.06. The first kappa shape index (κ1) is 15.3. The number of nitrogens with zero attached hydrogens (tertiary/aromatic N) is 1. The lowest BCUT2D eigenvalue weighted by Crippen LogP contribution is -2.38. The summed E-state index contributed by atoms with van der Waals surface area (Å²) in [5, 5.41) is 0. The molecule has 0 saturated carbocycles. The van der Waals surface area contributed by atoms with Crippen LogP contribution >= 0.6 is 0 Å². The van der Waals surface area contributed by atoms with E-state index in [0.29, 0.717) is 30.0 Å². The maximum Gasteiger partial charge on any atom is 0.224 e. The number of carbonyl (C=O) groups is 2. The second-order valence-corrected chi connectivity index (χ2v) is 5.61. The van der Waals surface area contributed by atoms with Crippen molar-refractivity contribution in [1.29, 1.82) is 0 Å². The Morgan fingerprint density at radius 2 is 1.91 bits per heavy atom. The molecule has 0 aromatic heterocycles. The van der Waals surface area contributed by atoms with E-state index in [2.05, 4.69) is 0 Å². The molecule has 23 heavy (non-hydrogen) atoms. The van der Waals surface area contributed by atoms with Gasteiger partial charge in [-0.2, -0.15) is 0 Å². The highest BCUT2D eigenvalue weighted by Crippen LogP contribution is 2.39. The van der Waals surface area contributed by atoms with Gasteiger partial charge in [-0.3, -0.25) is 9.59 Å². The van der Waals surface area contributed by atoms with Gasteiger partial charge in [-0.05, 0) is 23.8 Å². The third-order valence-corrected chi connectivity index (χ3v) is 4.06. The summed E-state index contributed by atoms with van der Waals surface area (Å²) in [5.74, 6) is 0.631. The van der Waals surface area contributed by atoms with Gasteiger partial charge in [0.1, 0.15) is 11.9 Å². The Balaban J connectivity index is 2.00. The summed E-state index contributed by atoms with van der Waals surface area (Å²) in [7, 11) is 0. The number of rotatable bonds is 3. The number of carbonyl (C=O) groups excluding carboxylic acids is 2. The van der Waals surface area contributed by atoms with Crippen LogP contribution in [-0.4, -0.2) is 18.2 Å². The lowest BCUT2D eigenvalue weighted by Gasteiger charge is -2.34. The highest BCUT2D eigenvalue weighted by molar-refractivity contribution is 6.00. The molecule has 0 fully saturated rings. The van der Waals surface area contributed by atoms with E-state index in [9.17, 15) is 9.59 Å². The molecule has 1 heterocycles. The van der Waals surface area contributed by atoms with Gasteiger partial charge in [0.2, 0.25) is 5.91 Å². The number of fused-ring (bicyclic) bond motifs is 1. The van der Waals surface area contributed by atoms with Gasteiger partial charge in [-0.1, -0.05) is 37.3 Å². The maximum atomic E-state index is 12.1. The molecule has 1 amide bonds. The first-order valence-corrected chi connectivity index (χ1v) is 7.77. The van der Waals surface area contributed by atoms with E-state index in [-0.39, 0.29) is 17.8 Å². The Kier molecular flexibility index (Phi) is 4.15. The van der Waals surface area contributed by atoms with E-state index in [4.69, 9.17) is 4.74 Å². The van der Waals surface area contributed by atoms with Crippen LogP contribution in [0, 0.1) is 0 Å². The summed E-state index contributed by atoms with van der Waals surface area (Å²) >= 11 is 0. The number of benzene rings is 2. The molecule has 0 radical (unpaired) electrons. The molecule has 2 aromatic carbocycles. The van der Waals surface area contributed by atoms with Crippen LogP contribution in [0.1, 0.15) is 42.3 Å². The molecular formula is C19H19NO3. The predicted octanol–water partition coefficient (Wildman–Crippen LogP) is 3.77. The monoisotopic (exact) mass is 309 g/mol. The highest BCUT2D eigenvalue weighted by atomic mass is 16.5. The average Bonchev–Trinajstić information content (AvgIpc) is 2.60. The zero-order chi connectivity index (χ0) is 16.4. The predicted molar refractivity (Wildman–Crippen MR) is 88.9 cm³/mol. The van der Waals surface area contributed by atoms with E-state index >= 15 is 0 Å². The van der Waals surface area contributed by atoms with Crippen molar-refractivity contribution >= 4 is 17.4 Å². The normalized spacial score (nSPS) is 16.4. The zero-order valence-corrected chi connectivity index (χ0v) is 13.3. The molecule has 3 rings (SSSR count). The highest BCUT2D eigenvalue weighted by Gasteiger charge is 2.29. The minimum absolute atomic E-state index is 0.0569. The molecule has 1 aliphatic rings. The number of amides is 1. The van der Waals surface area contributed by atoms with Crippen LogP contribution in [0.3, 0.4) is 0 Å². The van der Waals surface area contributed by atoms with Gasteiger partial charge in [-0.15, -0.1) is 0 Å². The van der Waals surface area contributed by atoms with Crippen molar-refractivity contribution in [2.45, 2.75) is 26.4 Å². The number of hydrogen-bond donors (Lipinski definition) is 0. The molecule has 4 nitrogen and oxygen atoms in total. The van der Waals surface area contributed by atoms with Gasteiger partial charge in [0, 0.05) is 18.9 Å². The summed E-state index contributed by atoms with van der Waals surface area (Å²) in [6, 6.07) is 15.1. The van der Waals surface area contributed by atoms with E-state index in [1.807, 2.05) is 37.3 Å². The fourth-order valence-electron chi connectivity index (χ4n) is 2.80. The Morgan fingerprint density at radius 3 is 2.57 bits per heavy atom. The SMILES string of the molecule is CCC(=O)c1ccc2c(c1)N(C(C)=O)CC(c1ccccc1)O2. The molecule has 1 aliphatic heterocycles.